The van der Waals surface area contributed by atoms with E-state index in [1.165, 1.54) is 12.4 Å². The van der Waals surface area contributed by atoms with Gasteiger partial charge in [0.1, 0.15) is 12.1 Å². The summed E-state index contributed by atoms with van der Waals surface area (Å²) < 4.78 is 21.9. The van der Waals surface area contributed by atoms with Crippen molar-refractivity contribution in [3.05, 3.63) is 83.8 Å². The Morgan fingerprint density at radius 2 is 1.92 bits per heavy atom. The standard InChI is InChI=1S/C27H27FN8O2/c1-27(2,3)26-34-24(35-38-26)25(37)31-13-18-7-6-17(9-20(18)28)23-22-10-19(14-36(22)33-15-32-23)21-8-5-16(11-29-4)12-30-21/h5-10,12,14-15,29H,11,13H2,1-4H3,(H,31,37). The monoisotopic (exact) mass is 514 g/mol. The van der Waals surface area contributed by atoms with E-state index in [0.29, 0.717) is 22.7 Å². The van der Waals surface area contributed by atoms with Crippen molar-refractivity contribution in [2.24, 2.45) is 0 Å². The van der Waals surface area contributed by atoms with Gasteiger partial charge in [0.25, 0.3) is 11.7 Å². The minimum Gasteiger partial charge on any atom is -0.345 e. The molecule has 38 heavy (non-hydrogen) atoms. The lowest BCUT2D eigenvalue weighted by Gasteiger charge is -2.10. The molecule has 0 spiro atoms. The Labute approximate surface area is 218 Å². The first kappa shape index (κ1) is 25.2. The molecule has 0 saturated heterocycles. The zero-order chi connectivity index (χ0) is 26.9. The molecule has 194 valence electrons. The molecule has 0 bridgehead atoms. The summed E-state index contributed by atoms with van der Waals surface area (Å²) >= 11 is 0. The number of aromatic nitrogens is 6. The molecule has 1 aromatic carbocycles. The van der Waals surface area contributed by atoms with E-state index in [2.05, 4.69) is 35.8 Å². The quantitative estimate of drug-likeness (QED) is 0.335. The van der Waals surface area contributed by atoms with E-state index >= 15 is 4.39 Å². The Bertz CT molecular complexity index is 1600. The molecule has 0 fully saturated rings. The molecule has 0 unspecified atom stereocenters. The minimum absolute atomic E-state index is 0.0337. The van der Waals surface area contributed by atoms with Crippen LogP contribution in [0.15, 0.2) is 59.6 Å². The molecule has 10 nitrogen and oxygen atoms in total. The van der Waals surface area contributed by atoms with Gasteiger partial charge < -0.3 is 15.2 Å². The SMILES string of the molecule is CNCc1ccc(-c2cc3c(-c4ccc(CNC(=O)c5noc(C(C)(C)C)n5)c(F)c4)ncnn3c2)nc1. The largest absolute Gasteiger partial charge is 0.345 e. The second-order valence-electron chi connectivity index (χ2n) is 9.91. The van der Waals surface area contributed by atoms with E-state index in [0.717, 1.165) is 28.9 Å². The lowest BCUT2D eigenvalue weighted by atomic mass is 9.97. The maximum atomic E-state index is 15.1. The molecule has 1 amide bonds. The van der Waals surface area contributed by atoms with E-state index in [9.17, 15) is 4.79 Å². The molecular weight excluding hydrogens is 487 g/mol. The molecule has 4 aromatic heterocycles. The van der Waals surface area contributed by atoms with E-state index in [1.54, 1.807) is 16.6 Å². The summed E-state index contributed by atoms with van der Waals surface area (Å²) in [7, 11) is 1.89. The van der Waals surface area contributed by atoms with Crippen LogP contribution in [-0.4, -0.2) is 42.7 Å². The van der Waals surface area contributed by atoms with Gasteiger partial charge in [-0.05, 0) is 30.8 Å². The highest BCUT2D eigenvalue weighted by Crippen LogP contribution is 2.28. The molecule has 0 radical (unpaired) electrons. The van der Waals surface area contributed by atoms with E-state index in [-0.39, 0.29) is 17.8 Å². The Morgan fingerprint density at radius 1 is 1.08 bits per heavy atom. The number of fused-ring (bicyclic) bond motifs is 1. The maximum absolute atomic E-state index is 15.1. The Morgan fingerprint density at radius 3 is 2.61 bits per heavy atom. The minimum atomic E-state index is -0.543. The number of nitrogens with one attached hydrogen (secondary N) is 2. The number of rotatable bonds is 7. The first-order valence-electron chi connectivity index (χ1n) is 12.1. The van der Waals surface area contributed by atoms with Gasteiger partial charge in [-0.2, -0.15) is 10.1 Å². The van der Waals surface area contributed by atoms with Crippen molar-refractivity contribution in [1.82, 2.24) is 40.4 Å². The van der Waals surface area contributed by atoms with Crippen molar-refractivity contribution in [1.29, 1.82) is 0 Å². The van der Waals surface area contributed by atoms with Crippen molar-refractivity contribution in [3.8, 4) is 22.5 Å². The molecule has 5 rings (SSSR count). The molecule has 0 aliphatic rings. The number of amides is 1. The molecule has 11 heteroatoms. The van der Waals surface area contributed by atoms with Gasteiger partial charge in [-0.3, -0.25) is 9.78 Å². The van der Waals surface area contributed by atoms with Crippen LogP contribution < -0.4 is 10.6 Å². The lowest BCUT2D eigenvalue weighted by molar-refractivity contribution is 0.0937. The summed E-state index contributed by atoms with van der Waals surface area (Å²) in [6.45, 7) is 6.41. The summed E-state index contributed by atoms with van der Waals surface area (Å²) in [4.78, 5) is 25.5. The van der Waals surface area contributed by atoms with Crippen molar-refractivity contribution >= 4 is 11.4 Å². The second kappa shape index (κ2) is 10.1. The molecule has 4 heterocycles. The number of carbonyl (C=O) groups excluding carboxylic acids is 1. The predicted molar refractivity (Wildman–Crippen MR) is 139 cm³/mol. The zero-order valence-electron chi connectivity index (χ0n) is 21.5. The summed E-state index contributed by atoms with van der Waals surface area (Å²) in [5.74, 6) is -0.759. The highest BCUT2D eigenvalue weighted by Gasteiger charge is 2.24. The number of hydrogen-bond donors (Lipinski definition) is 2. The van der Waals surface area contributed by atoms with Gasteiger partial charge in [-0.1, -0.05) is 44.1 Å². The lowest BCUT2D eigenvalue weighted by Crippen LogP contribution is -2.24. The van der Waals surface area contributed by atoms with Gasteiger partial charge >= 0.3 is 0 Å². The topological polar surface area (TPSA) is 123 Å². The van der Waals surface area contributed by atoms with Crippen molar-refractivity contribution < 1.29 is 13.7 Å². The molecule has 0 aliphatic carbocycles. The summed E-state index contributed by atoms with van der Waals surface area (Å²) in [6, 6.07) is 10.7. The zero-order valence-corrected chi connectivity index (χ0v) is 21.5. The van der Waals surface area contributed by atoms with Crippen LogP contribution in [0.1, 0.15) is 48.4 Å². The van der Waals surface area contributed by atoms with Crippen LogP contribution in [0.4, 0.5) is 4.39 Å². The van der Waals surface area contributed by atoms with Gasteiger partial charge in [0, 0.05) is 47.6 Å². The van der Waals surface area contributed by atoms with Crippen LogP contribution in [0.25, 0.3) is 28.0 Å². The highest BCUT2D eigenvalue weighted by atomic mass is 19.1. The number of carbonyl (C=O) groups is 1. The van der Waals surface area contributed by atoms with Gasteiger partial charge in [0.05, 0.1) is 16.9 Å². The molecule has 0 aliphatic heterocycles. The summed E-state index contributed by atoms with van der Waals surface area (Å²) in [6.07, 6.45) is 5.12. The number of nitrogens with zero attached hydrogens (tertiary/aromatic N) is 6. The third kappa shape index (κ3) is 5.14. The van der Waals surface area contributed by atoms with Gasteiger partial charge in [-0.15, -0.1) is 0 Å². The number of halogens is 1. The number of benzene rings is 1. The van der Waals surface area contributed by atoms with Gasteiger partial charge in [-0.25, -0.2) is 13.9 Å². The first-order valence-corrected chi connectivity index (χ1v) is 12.1. The van der Waals surface area contributed by atoms with Crippen LogP contribution >= 0.6 is 0 Å². The third-order valence-electron chi connectivity index (χ3n) is 5.94. The van der Waals surface area contributed by atoms with Crippen LogP contribution in [-0.2, 0) is 18.5 Å². The number of hydrogen-bond acceptors (Lipinski definition) is 8. The van der Waals surface area contributed by atoms with E-state index in [4.69, 9.17) is 4.52 Å². The summed E-state index contributed by atoms with van der Waals surface area (Å²) in [5.41, 5.74) is 4.57. The molecule has 5 aromatic rings. The Hall–Kier alpha value is -4.51. The van der Waals surface area contributed by atoms with E-state index in [1.807, 2.05) is 58.4 Å². The summed E-state index contributed by atoms with van der Waals surface area (Å²) in [5, 5.41) is 13.8. The van der Waals surface area contributed by atoms with Crippen LogP contribution in [0.5, 0.6) is 0 Å². The molecule has 0 saturated carbocycles. The van der Waals surface area contributed by atoms with Crippen molar-refractivity contribution in [2.75, 3.05) is 7.05 Å². The third-order valence-corrected chi connectivity index (χ3v) is 5.94. The Kier molecular flexibility index (Phi) is 6.68. The first-order chi connectivity index (χ1) is 18.2. The fourth-order valence-electron chi connectivity index (χ4n) is 3.91. The average Bonchev–Trinajstić information content (AvgIpc) is 3.56. The van der Waals surface area contributed by atoms with Crippen LogP contribution in [0.2, 0.25) is 0 Å². The molecular formula is C27H27FN8O2. The molecule has 2 N–H and O–H groups in total. The maximum Gasteiger partial charge on any atom is 0.292 e. The van der Waals surface area contributed by atoms with Crippen molar-refractivity contribution in [3.63, 3.8) is 0 Å². The van der Waals surface area contributed by atoms with Crippen molar-refractivity contribution in [2.45, 2.75) is 39.3 Å². The smallest absolute Gasteiger partial charge is 0.292 e. The normalized spacial score (nSPS) is 11.7. The fraction of sp³-hybridized carbons (Fsp3) is 0.259. The van der Waals surface area contributed by atoms with Crippen LogP contribution in [0.3, 0.4) is 0 Å². The second-order valence-corrected chi connectivity index (χ2v) is 9.91. The van der Waals surface area contributed by atoms with Gasteiger partial charge in [0.2, 0.25) is 5.89 Å². The predicted octanol–water partition coefficient (Wildman–Crippen LogP) is 3.93. The van der Waals surface area contributed by atoms with Gasteiger partial charge in [0.15, 0.2) is 0 Å². The van der Waals surface area contributed by atoms with Crippen LogP contribution in [0, 0.1) is 5.82 Å². The highest BCUT2D eigenvalue weighted by molar-refractivity contribution is 5.90. The number of pyridine rings is 1. The fourth-order valence-corrected chi connectivity index (χ4v) is 3.91. The molecule has 0 atom stereocenters. The average molecular weight is 515 g/mol. The Balaban J connectivity index is 1.35. The van der Waals surface area contributed by atoms with E-state index < -0.39 is 11.7 Å².